The van der Waals surface area contributed by atoms with Crippen LogP contribution in [0.4, 0.5) is 0 Å². The zero-order valence-corrected chi connectivity index (χ0v) is 27.1. The maximum Gasteiger partial charge on any atom is 0.243 e. The van der Waals surface area contributed by atoms with Gasteiger partial charge in [0, 0.05) is 24.7 Å². The molecule has 0 aromatic heterocycles. The summed E-state index contributed by atoms with van der Waals surface area (Å²) in [6, 6.07) is 8.06. The monoisotopic (exact) mass is 629 g/mol. The molecular formula is C32H47N5O8. The molecule has 6 amide bonds. The fraction of sp³-hybridized carbons (Fsp3) is 0.594. The molecule has 0 spiro atoms. The normalized spacial score (nSPS) is 15.8. The van der Waals surface area contributed by atoms with Gasteiger partial charge in [0.05, 0.1) is 45.3 Å². The second kappa shape index (κ2) is 16.8. The molecule has 0 bridgehead atoms. The summed E-state index contributed by atoms with van der Waals surface area (Å²) in [5.41, 5.74) is -0.152. The smallest absolute Gasteiger partial charge is 0.243 e. The Hall–Kier alpha value is -4.13. The minimum atomic E-state index is -0.981. The number of hydrogen-bond acceptors (Lipinski definition) is 8. The van der Waals surface area contributed by atoms with Crippen LogP contribution < -0.4 is 21.3 Å². The molecule has 45 heavy (non-hydrogen) atoms. The molecule has 4 N–H and O–H groups in total. The number of carbonyl (C=O) groups excluding carboxylic acids is 7. The van der Waals surface area contributed by atoms with Crippen molar-refractivity contribution >= 4 is 41.2 Å². The minimum absolute atomic E-state index is 0.0288. The molecule has 1 aromatic rings. The minimum Gasteiger partial charge on any atom is -0.379 e. The third-order valence-electron chi connectivity index (χ3n) is 7.31. The molecule has 13 nitrogen and oxygen atoms in total. The first-order chi connectivity index (χ1) is 21.0. The van der Waals surface area contributed by atoms with Crippen LogP contribution in [-0.2, 0) is 44.7 Å². The Bertz CT molecular complexity index is 1240. The summed E-state index contributed by atoms with van der Waals surface area (Å²) in [5.74, 6) is -3.19. The van der Waals surface area contributed by atoms with Crippen LogP contribution in [0.25, 0.3) is 0 Å². The van der Waals surface area contributed by atoms with E-state index in [1.807, 2.05) is 26.8 Å². The number of hydrogen-bond donors (Lipinski definition) is 4. The van der Waals surface area contributed by atoms with Gasteiger partial charge in [-0.3, -0.25) is 38.5 Å². The Kier molecular flexibility index (Phi) is 13.8. The predicted molar refractivity (Wildman–Crippen MR) is 165 cm³/mol. The van der Waals surface area contributed by atoms with Crippen molar-refractivity contribution in [3.05, 3.63) is 35.9 Å². The number of benzene rings is 1. The average molecular weight is 630 g/mol. The fourth-order valence-corrected chi connectivity index (χ4v) is 4.39. The van der Waals surface area contributed by atoms with Crippen molar-refractivity contribution in [2.75, 3.05) is 39.4 Å². The van der Waals surface area contributed by atoms with E-state index in [-0.39, 0.29) is 81.0 Å². The van der Waals surface area contributed by atoms with Crippen LogP contribution in [0.5, 0.6) is 0 Å². The molecule has 0 aliphatic carbocycles. The molecule has 0 radical (unpaired) electrons. The van der Waals surface area contributed by atoms with Crippen molar-refractivity contribution in [2.24, 2.45) is 16.7 Å². The molecule has 248 valence electrons. The van der Waals surface area contributed by atoms with Crippen LogP contribution in [0.2, 0.25) is 0 Å². The summed E-state index contributed by atoms with van der Waals surface area (Å²) in [6.07, 6.45) is 0.308. The van der Waals surface area contributed by atoms with Crippen molar-refractivity contribution < 1.29 is 38.3 Å². The Morgan fingerprint density at radius 3 is 2.07 bits per heavy atom. The Morgan fingerprint density at radius 1 is 0.844 bits per heavy atom. The summed E-state index contributed by atoms with van der Waals surface area (Å²) in [6.45, 7) is 10.2. The lowest BCUT2D eigenvalue weighted by molar-refractivity contribution is -0.141. The van der Waals surface area contributed by atoms with Crippen LogP contribution in [0.3, 0.4) is 0 Å². The zero-order valence-electron chi connectivity index (χ0n) is 27.1. The molecular weight excluding hydrogens is 582 g/mol. The maximum absolute atomic E-state index is 12.8. The average Bonchev–Trinajstić information content (AvgIpc) is 3.26. The van der Waals surface area contributed by atoms with E-state index in [1.165, 1.54) is 4.90 Å². The van der Waals surface area contributed by atoms with Gasteiger partial charge in [-0.2, -0.15) is 0 Å². The number of ketones is 1. The van der Waals surface area contributed by atoms with Gasteiger partial charge >= 0.3 is 0 Å². The molecule has 0 saturated carbocycles. The van der Waals surface area contributed by atoms with Gasteiger partial charge < -0.3 is 26.0 Å². The van der Waals surface area contributed by atoms with Crippen molar-refractivity contribution in [1.82, 2.24) is 26.2 Å². The standard InChI is InChI=1S/C32H47N5O8/c1-31(2,3)22-17-28(42)37(30(22)44)13-15-45-14-12-25(39)33-19-26(40)34-20-27(41)36-23(16-21-10-8-7-9-11-21)29(43)35-18-24(38)32(4,5)6/h7-11,22-23H,12-20H2,1-6H3,(H,33,39)(H,34,40)(H,35,43)(H,36,41). The number of rotatable bonds is 16. The number of ether oxygens (including phenoxy) is 1. The Balaban J connectivity index is 1.70. The Morgan fingerprint density at radius 2 is 1.47 bits per heavy atom. The number of nitrogens with one attached hydrogen (secondary N) is 4. The fourth-order valence-electron chi connectivity index (χ4n) is 4.39. The lowest BCUT2D eigenvalue weighted by Crippen LogP contribution is -2.52. The highest BCUT2D eigenvalue weighted by molar-refractivity contribution is 6.03. The van der Waals surface area contributed by atoms with Gasteiger partial charge in [0.2, 0.25) is 35.4 Å². The van der Waals surface area contributed by atoms with Crippen LogP contribution >= 0.6 is 0 Å². The number of nitrogens with zero attached hydrogens (tertiary/aromatic N) is 1. The van der Waals surface area contributed by atoms with E-state index >= 15 is 0 Å². The summed E-state index contributed by atoms with van der Waals surface area (Å²) in [4.78, 5) is 87.8. The third-order valence-corrected chi connectivity index (χ3v) is 7.31. The third kappa shape index (κ3) is 12.8. The quantitative estimate of drug-likeness (QED) is 0.151. The Labute approximate surface area is 264 Å². The van der Waals surface area contributed by atoms with Gasteiger partial charge in [-0.25, -0.2) is 0 Å². The van der Waals surface area contributed by atoms with Gasteiger partial charge in [-0.05, 0) is 11.0 Å². The second-order valence-corrected chi connectivity index (χ2v) is 13.1. The first-order valence-corrected chi connectivity index (χ1v) is 15.1. The van der Waals surface area contributed by atoms with Gasteiger partial charge in [-0.1, -0.05) is 71.9 Å². The van der Waals surface area contributed by atoms with Crippen LogP contribution in [-0.4, -0.2) is 91.6 Å². The highest BCUT2D eigenvalue weighted by atomic mass is 16.5. The first kappa shape index (κ1) is 37.1. The second-order valence-electron chi connectivity index (χ2n) is 13.1. The first-order valence-electron chi connectivity index (χ1n) is 15.1. The summed E-state index contributed by atoms with van der Waals surface area (Å²) >= 11 is 0. The van der Waals surface area contributed by atoms with Gasteiger partial charge in [-0.15, -0.1) is 0 Å². The molecule has 1 aromatic carbocycles. The van der Waals surface area contributed by atoms with E-state index in [0.29, 0.717) is 0 Å². The van der Waals surface area contributed by atoms with Gasteiger partial charge in [0.15, 0.2) is 5.78 Å². The lowest BCUT2D eigenvalue weighted by atomic mass is 9.80. The van der Waals surface area contributed by atoms with E-state index < -0.39 is 41.6 Å². The summed E-state index contributed by atoms with van der Waals surface area (Å²) in [7, 11) is 0. The molecule has 1 fully saturated rings. The van der Waals surface area contributed by atoms with Crippen molar-refractivity contribution in [3.63, 3.8) is 0 Å². The summed E-state index contributed by atoms with van der Waals surface area (Å²) in [5, 5.41) is 10.0. The number of carbonyl (C=O) groups is 7. The van der Waals surface area contributed by atoms with Crippen molar-refractivity contribution in [2.45, 2.75) is 66.8 Å². The van der Waals surface area contributed by atoms with E-state index in [9.17, 15) is 33.6 Å². The van der Waals surface area contributed by atoms with E-state index in [0.717, 1.165) is 5.56 Å². The molecule has 2 unspecified atom stereocenters. The topological polar surface area (TPSA) is 180 Å². The molecule has 1 aliphatic heterocycles. The lowest BCUT2D eigenvalue weighted by Gasteiger charge is -2.24. The predicted octanol–water partition coefficient (Wildman–Crippen LogP) is 0.506. The van der Waals surface area contributed by atoms with Gasteiger partial charge in [0.1, 0.15) is 6.04 Å². The van der Waals surface area contributed by atoms with Gasteiger partial charge in [0.25, 0.3) is 0 Å². The maximum atomic E-state index is 12.8. The highest BCUT2D eigenvalue weighted by Gasteiger charge is 2.44. The van der Waals surface area contributed by atoms with Crippen LogP contribution in [0, 0.1) is 16.7 Å². The van der Waals surface area contributed by atoms with Crippen molar-refractivity contribution in [1.29, 1.82) is 0 Å². The molecule has 1 heterocycles. The molecule has 1 saturated heterocycles. The van der Waals surface area contributed by atoms with E-state index in [2.05, 4.69) is 21.3 Å². The largest absolute Gasteiger partial charge is 0.379 e. The van der Waals surface area contributed by atoms with E-state index in [1.54, 1.807) is 45.0 Å². The number of amides is 6. The number of Topliss-reactive ketones (excluding diaryl/α,β-unsaturated/α-hetero) is 1. The van der Waals surface area contributed by atoms with Crippen LogP contribution in [0.1, 0.15) is 59.9 Å². The van der Waals surface area contributed by atoms with Crippen LogP contribution in [0.15, 0.2) is 30.3 Å². The molecule has 1 aliphatic rings. The number of imide groups is 1. The van der Waals surface area contributed by atoms with Crippen molar-refractivity contribution in [3.8, 4) is 0 Å². The molecule has 2 atom stereocenters. The highest BCUT2D eigenvalue weighted by Crippen LogP contribution is 2.35. The molecule has 2 rings (SSSR count). The molecule has 13 heteroatoms. The van der Waals surface area contributed by atoms with E-state index in [4.69, 9.17) is 4.74 Å². The zero-order chi connectivity index (χ0) is 33.8. The SMILES string of the molecule is CC(C)(C)C(=O)CNC(=O)C(Cc1ccccc1)NC(=O)CNC(=O)CNC(=O)CCOCCN1C(=O)CC(C(C)(C)C)C1=O. The number of likely N-dealkylation sites (tertiary alicyclic amines) is 1. The summed E-state index contributed by atoms with van der Waals surface area (Å²) < 4.78 is 5.40.